The zero-order valence-electron chi connectivity index (χ0n) is 8.56. The fraction of sp³-hybridized carbons (Fsp3) is 0.500. The van der Waals surface area contributed by atoms with Gasteiger partial charge in [0.2, 0.25) is 0 Å². The van der Waals surface area contributed by atoms with Crippen molar-refractivity contribution in [3.05, 3.63) is 24.7 Å². The molecular formula is C10H14FN3S. The minimum Gasteiger partial charge on any atom is -0.384 e. The van der Waals surface area contributed by atoms with Crippen molar-refractivity contribution in [1.82, 2.24) is 4.90 Å². The van der Waals surface area contributed by atoms with E-state index in [0.717, 1.165) is 0 Å². The van der Waals surface area contributed by atoms with Gasteiger partial charge in [-0.15, -0.1) is 11.8 Å². The maximum Gasteiger partial charge on any atom is 0.131 e. The van der Waals surface area contributed by atoms with Crippen LogP contribution in [-0.4, -0.2) is 27.5 Å². The average molecular weight is 227 g/mol. The average Bonchev–Trinajstić information content (AvgIpc) is 2.45. The highest BCUT2D eigenvalue weighted by molar-refractivity contribution is 8.00. The third-order valence-electron chi connectivity index (χ3n) is 2.47. The van der Waals surface area contributed by atoms with Crippen LogP contribution in [0.2, 0.25) is 0 Å². The Morgan fingerprint density at radius 3 is 3.00 bits per heavy atom. The van der Waals surface area contributed by atoms with Gasteiger partial charge >= 0.3 is 0 Å². The quantitative estimate of drug-likeness (QED) is 0.743. The highest BCUT2D eigenvalue weighted by Gasteiger charge is 2.37. The summed E-state index contributed by atoms with van der Waals surface area (Å²) in [7, 11) is 0. The molecule has 2 N–H and O–H groups in total. The SMILES string of the molecule is C=C1N=C(N)C=CN1C1SC(C)CC1F. The van der Waals surface area contributed by atoms with Crippen molar-refractivity contribution < 1.29 is 4.39 Å². The number of hydrogen-bond acceptors (Lipinski definition) is 4. The minimum atomic E-state index is -0.832. The van der Waals surface area contributed by atoms with Crippen LogP contribution in [0.25, 0.3) is 0 Å². The number of amidine groups is 1. The lowest BCUT2D eigenvalue weighted by atomic mass is 10.2. The highest BCUT2D eigenvalue weighted by Crippen LogP contribution is 2.39. The van der Waals surface area contributed by atoms with E-state index in [-0.39, 0.29) is 5.37 Å². The number of halogens is 1. The Morgan fingerprint density at radius 1 is 1.73 bits per heavy atom. The monoisotopic (exact) mass is 227 g/mol. The molecule has 2 aliphatic rings. The first-order valence-corrected chi connectivity index (χ1v) is 5.81. The Hall–Kier alpha value is -0.970. The normalized spacial score (nSPS) is 35.9. The number of nitrogens with two attached hydrogens (primary N) is 1. The molecule has 0 saturated carbocycles. The summed E-state index contributed by atoms with van der Waals surface area (Å²) in [5, 5.41) is 0.134. The second kappa shape index (κ2) is 3.89. The van der Waals surface area contributed by atoms with Gasteiger partial charge in [0.15, 0.2) is 0 Å². The Bertz CT molecular complexity index is 340. The summed E-state index contributed by atoms with van der Waals surface area (Å²) < 4.78 is 13.7. The largest absolute Gasteiger partial charge is 0.384 e. The zero-order chi connectivity index (χ0) is 11.0. The van der Waals surface area contributed by atoms with E-state index < -0.39 is 6.17 Å². The third kappa shape index (κ3) is 2.02. The lowest BCUT2D eigenvalue weighted by molar-refractivity contribution is 0.244. The minimum absolute atomic E-state index is 0.208. The van der Waals surface area contributed by atoms with Crippen molar-refractivity contribution >= 4 is 17.6 Å². The van der Waals surface area contributed by atoms with Gasteiger partial charge in [-0.3, -0.25) is 0 Å². The molecule has 82 valence electrons. The molecule has 5 heteroatoms. The Morgan fingerprint density at radius 2 is 2.47 bits per heavy atom. The molecule has 0 aromatic rings. The second-order valence-corrected chi connectivity index (χ2v) is 5.32. The molecule has 2 rings (SSSR count). The number of thioether (sulfide) groups is 1. The highest BCUT2D eigenvalue weighted by atomic mass is 32.2. The first-order chi connectivity index (χ1) is 7.08. The Labute approximate surface area is 92.9 Å². The molecule has 0 amide bonds. The van der Waals surface area contributed by atoms with E-state index in [1.165, 1.54) is 0 Å². The molecule has 2 aliphatic heterocycles. The van der Waals surface area contributed by atoms with E-state index in [4.69, 9.17) is 5.73 Å². The molecule has 0 radical (unpaired) electrons. The van der Waals surface area contributed by atoms with Crippen LogP contribution in [0.1, 0.15) is 13.3 Å². The maximum absolute atomic E-state index is 13.7. The van der Waals surface area contributed by atoms with Crippen LogP contribution in [0.3, 0.4) is 0 Å². The standard InChI is InChI=1S/C10H14FN3S/c1-6-5-8(11)10(15-6)14-4-3-9(12)13-7(14)2/h3-4,6,8,10H,2,5H2,1H3,(H2,12,13). The smallest absolute Gasteiger partial charge is 0.131 e. The van der Waals surface area contributed by atoms with Crippen molar-refractivity contribution in [3.63, 3.8) is 0 Å². The lowest BCUT2D eigenvalue weighted by Crippen LogP contribution is -2.34. The molecule has 3 atom stereocenters. The van der Waals surface area contributed by atoms with Gasteiger partial charge in [0, 0.05) is 11.4 Å². The van der Waals surface area contributed by atoms with Gasteiger partial charge in [0.25, 0.3) is 0 Å². The van der Waals surface area contributed by atoms with Crippen molar-refractivity contribution in [2.24, 2.45) is 10.7 Å². The molecule has 2 heterocycles. The third-order valence-corrected chi connectivity index (χ3v) is 3.93. The summed E-state index contributed by atoms with van der Waals surface area (Å²) in [6.07, 6.45) is 3.19. The molecule has 1 saturated heterocycles. The number of aliphatic imine (C=N–C) groups is 1. The molecule has 0 aromatic heterocycles. The molecule has 3 nitrogen and oxygen atoms in total. The molecule has 1 fully saturated rings. The summed E-state index contributed by atoms with van der Waals surface area (Å²) >= 11 is 1.61. The van der Waals surface area contributed by atoms with E-state index >= 15 is 0 Å². The van der Waals surface area contributed by atoms with Crippen molar-refractivity contribution in [2.45, 2.75) is 30.1 Å². The Balaban J connectivity index is 2.13. The predicted molar refractivity (Wildman–Crippen MR) is 62.1 cm³/mol. The summed E-state index contributed by atoms with van der Waals surface area (Å²) in [5.74, 6) is 0.937. The van der Waals surface area contributed by atoms with Crippen LogP contribution in [0.5, 0.6) is 0 Å². The molecule has 0 spiro atoms. The number of alkyl halides is 1. The van der Waals surface area contributed by atoms with Crippen molar-refractivity contribution in [2.75, 3.05) is 0 Å². The van der Waals surface area contributed by atoms with E-state index in [1.807, 2.05) is 6.92 Å². The molecule has 15 heavy (non-hydrogen) atoms. The lowest BCUT2D eigenvalue weighted by Gasteiger charge is -2.29. The van der Waals surface area contributed by atoms with Crippen LogP contribution in [0, 0.1) is 0 Å². The van der Waals surface area contributed by atoms with Gasteiger partial charge in [-0.05, 0) is 12.5 Å². The van der Waals surface area contributed by atoms with Gasteiger partial charge in [-0.25, -0.2) is 9.38 Å². The molecule has 3 unspecified atom stereocenters. The first-order valence-electron chi connectivity index (χ1n) is 4.87. The van der Waals surface area contributed by atoms with E-state index in [0.29, 0.717) is 23.3 Å². The second-order valence-electron chi connectivity index (χ2n) is 3.76. The van der Waals surface area contributed by atoms with E-state index in [2.05, 4.69) is 11.6 Å². The summed E-state index contributed by atoms with van der Waals surface area (Å²) in [4.78, 5) is 5.79. The molecular weight excluding hydrogens is 213 g/mol. The molecule has 0 aromatic carbocycles. The fourth-order valence-electron chi connectivity index (χ4n) is 1.77. The predicted octanol–water partition coefficient (Wildman–Crippen LogP) is 1.83. The maximum atomic E-state index is 13.7. The van der Waals surface area contributed by atoms with Gasteiger partial charge in [0.1, 0.15) is 23.2 Å². The van der Waals surface area contributed by atoms with Crippen molar-refractivity contribution in [1.29, 1.82) is 0 Å². The van der Waals surface area contributed by atoms with Gasteiger partial charge < -0.3 is 10.6 Å². The van der Waals surface area contributed by atoms with Crippen LogP contribution in [0.4, 0.5) is 4.39 Å². The molecule has 0 aliphatic carbocycles. The zero-order valence-corrected chi connectivity index (χ0v) is 9.38. The van der Waals surface area contributed by atoms with Gasteiger partial charge in [-0.2, -0.15) is 0 Å². The van der Waals surface area contributed by atoms with Crippen LogP contribution in [-0.2, 0) is 0 Å². The van der Waals surface area contributed by atoms with Gasteiger partial charge in [0.05, 0.1) is 0 Å². The number of nitrogens with zero attached hydrogens (tertiary/aromatic N) is 2. The van der Waals surface area contributed by atoms with E-state index in [9.17, 15) is 4.39 Å². The van der Waals surface area contributed by atoms with E-state index in [1.54, 1.807) is 28.9 Å². The topological polar surface area (TPSA) is 41.6 Å². The Kier molecular flexibility index (Phi) is 2.73. The van der Waals surface area contributed by atoms with Crippen LogP contribution < -0.4 is 5.73 Å². The van der Waals surface area contributed by atoms with Crippen LogP contribution in [0.15, 0.2) is 29.7 Å². The first kappa shape index (κ1) is 10.5. The summed E-state index contributed by atoms with van der Waals surface area (Å²) in [6, 6.07) is 0. The summed E-state index contributed by atoms with van der Waals surface area (Å²) in [5.41, 5.74) is 5.52. The fourth-order valence-corrected chi connectivity index (χ4v) is 3.15. The van der Waals surface area contributed by atoms with Crippen molar-refractivity contribution in [3.8, 4) is 0 Å². The van der Waals surface area contributed by atoms with Gasteiger partial charge in [-0.1, -0.05) is 13.5 Å². The summed E-state index contributed by atoms with van der Waals surface area (Å²) in [6.45, 7) is 5.81. The van der Waals surface area contributed by atoms with Crippen LogP contribution >= 0.6 is 11.8 Å². The number of hydrogen-bond donors (Lipinski definition) is 1. The number of rotatable bonds is 1. The molecule has 0 bridgehead atoms.